The fourth-order valence-corrected chi connectivity index (χ4v) is 2.83. The first kappa shape index (κ1) is 14.9. The van der Waals surface area contributed by atoms with Gasteiger partial charge >= 0.3 is 0 Å². The smallest absolute Gasteiger partial charge is 0.253 e. The third-order valence-corrected chi connectivity index (χ3v) is 3.84. The first-order chi connectivity index (χ1) is 8.40. The first-order valence-corrected chi connectivity index (χ1v) is 7.25. The van der Waals surface area contributed by atoms with E-state index in [9.17, 15) is 9.00 Å². The molecule has 0 aromatic heterocycles. The third-order valence-electron chi connectivity index (χ3n) is 2.23. The summed E-state index contributed by atoms with van der Waals surface area (Å²) in [5.74, 6) is 0.581. The molecule has 98 valence electrons. The zero-order chi connectivity index (χ0) is 13.7. The molecule has 3 nitrogen and oxygen atoms in total. The average molecular weight is 286 g/mol. The zero-order valence-electron chi connectivity index (χ0n) is 10.5. The van der Waals surface area contributed by atoms with Gasteiger partial charge in [0.15, 0.2) is 0 Å². The Morgan fingerprint density at radius 3 is 2.67 bits per heavy atom. The Kier molecular flexibility index (Phi) is 5.56. The molecule has 0 bridgehead atoms. The number of carbonyl (C=O) groups excluding carboxylic acids is 1. The minimum atomic E-state index is -1.09. The standard InChI is InChI=1S/C13H16ClNO2S/c1-10(14)8-18(17)9-11-5-4-6-12(7-11)13(16)15(2)3/h4-7H,1,8-9H2,2-3H3/t18-/m1/s1. The lowest BCUT2D eigenvalue weighted by Crippen LogP contribution is -2.21. The van der Waals surface area contributed by atoms with Crippen molar-refractivity contribution in [2.24, 2.45) is 0 Å². The van der Waals surface area contributed by atoms with Crippen LogP contribution in [0.3, 0.4) is 0 Å². The summed E-state index contributed by atoms with van der Waals surface area (Å²) in [7, 11) is 2.31. The lowest BCUT2D eigenvalue weighted by atomic mass is 10.1. The van der Waals surface area contributed by atoms with Gasteiger partial charge in [-0.2, -0.15) is 0 Å². The van der Waals surface area contributed by atoms with Crippen LogP contribution in [-0.4, -0.2) is 34.9 Å². The molecule has 0 heterocycles. The largest absolute Gasteiger partial charge is 0.345 e. The predicted molar refractivity (Wildman–Crippen MR) is 76.2 cm³/mol. The van der Waals surface area contributed by atoms with Crippen molar-refractivity contribution in [2.45, 2.75) is 5.75 Å². The monoisotopic (exact) mass is 285 g/mol. The molecule has 1 amide bonds. The van der Waals surface area contributed by atoms with Crippen molar-refractivity contribution < 1.29 is 9.00 Å². The fourth-order valence-electron chi connectivity index (χ4n) is 1.46. The van der Waals surface area contributed by atoms with Gasteiger partial charge in [-0.3, -0.25) is 9.00 Å². The Labute approximate surface area is 115 Å². The van der Waals surface area contributed by atoms with Crippen molar-refractivity contribution >= 4 is 28.3 Å². The maximum absolute atomic E-state index is 11.8. The van der Waals surface area contributed by atoms with Crippen LogP contribution >= 0.6 is 11.6 Å². The van der Waals surface area contributed by atoms with E-state index in [1.54, 1.807) is 32.3 Å². The summed E-state index contributed by atoms with van der Waals surface area (Å²) < 4.78 is 11.7. The minimum absolute atomic E-state index is 0.0654. The second kappa shape index (κ2) is 6.71. The molecule has 1 aromatic rings. The Hall–Kier alpha value is -1.13. The maximum Gasteiger partial charge on any atom is 0.253 e. The number of halogens is 1. The first-order valence-electron chi connectivity index (χ1n) is 5.39. The molecule has 18 heavy (non-hydrogen) atoms. The van der Waals surface area contributed by atoms with Crippen LogP contribution < -0.4 is 0 Å². The maximum atomic E-state index is 11.8. The molecule has 1 aromatic carbocycles. The van der Waals surface area contributed by atoms with E-state index in [2.05, 4.69) is 6.58 Å². The summed E-state index contributed by atoms with van der Waals surface area (Å²) in [6.07, 6.45) is 0. The molecule has 0 unspecified atom stereocenters. The van der Waals surface area contributed by atoms with E-state index >= 15 is 0 Å². The lowest BCUT2D eigenvalue weighted by molar-refractivity contribution is 0.0827. The van der Waals surface area contributed by atoms with Crippen LogP contribution in [0.5, 0.6) is 0 Å². The van der Waals surface area contributed by atoms with Crippen LogP contribution in [0, 0.1) is 0 Å². The molecule has 0 aliphatic heterocycles. The number of hydrogen-bond acceptors (Lipinski definition) is 2. The van der Waals surface area contributed by atoms with Gasteiger partial charge in [-0.05, 0) is 17.7 Å². The Morgan fingerprint density at radius 2 is 2.11 bits per heavy atom. The molecule has 0 saturated carbocycles. The summed E-state index contributed by atoms with van der Waals surface area (Å²) >= 11 is 5.61. The van der Waals surface area contributed by atoms with Crippen LogP contribution in [0.25, 0.3) is 0 Å². The van der Waals surface area contributed by atoms with E-state index in [1.807, 2.05) is 6.07 Å². The molecule has 0 saturated heterocycles. The van der Waals surface area contributed by atoms with Gasteiger partial charge in [-0.1, -0.05) is 30.3 Å². The summed E-state index contributed by atoms with van der Waals surface area (Å²) in [4.78, 5) is 13.3. The third kappa shape index (κ3) is 4.63. The average Bonchev–Trinajstić information content (AvgIpc) is 2.26. The van der Waals surface area contributed by atoms with Crippen molar-refractivity contribution in [3.05, 3.63) is 47.0 Å². The van der Waals surface area contributed by atoms with Gasteiger partial charge in [0.1, 0.15) is 0 Å². The molecule has 5 heteroatoms. The van der Waals surface area contributed by atoms with E-state index in [4.69, 9.17) is 11.6 Å². The van der Waals surface area contributed by atoms with Crippen molar-refractivity contribution in [3.63, 3.8) is 0 Å². The van der Waals surface area contributed by atoms with Gasteiger partial charge in [-0.25, -0.2) is 0 Å². The highest BCUT2D eigenvalue weighted by Gasteiger charge is 2.09. The highest BCUT2D eigenvalue weighted by atomic mass is 35.5. The van der Waals surface area contributed by atoms with E-state index in [1.165, 1.54) is 4.90 Å². The molecule has 0 fully saturated rings. The Balaban J connectivity index is 2.80. The van der Waals surface area contributed by atoms with Crippen LogP contribution in [0.15, 0.2) is 35.9 Å². The zero-order valence-corrected chi connectivity index (χ0v) is 12.1. The van der Waals surface area contributed by atoms with Crippen molar-refractivity contribution in [1.29, 1.82) is 0 Å². The van der Waals surface area contributed by atoms with Gasteiger partial charge in [0.05, 0.1) is 5.75 Å². The quantitative estimate of drug-likeness (QED) is 0.833. The highest BCUT2D eigenvalue weighted by molar-refractivity contribution is 7.84. The normalized spacial score (nSPS) is 11.9. The topological polar surface area (TPSA) is 37.4 Å². The predicted octanol–water partition coefficient (Wildman–Crippen LogP) is 2.39. The molecule has 1 atom stereocenters. The van der Waals surface area contributed by atoms with Crippen LogP contribution in [-0.2, 0) is 16.6 Å². The van der Waals surface area contributed by atoms with Gasteiger partial charge in [0.2, 0.25) is 0 Å². The van der Waals surface area contributed by atoms with Crippen LogP contribution in [0.2, 0.25) is 0 Å². The van der Waals surface area contributed by atoms with Crippen LogP contribution in [0.1, 0.15) is 15.9 Å². The number of nitrogens with zero attached hydrogens (tertiary/aromatic N) is 1. The number of hydrogen-bond donors (Lipinski definition) is 0. The molecular weight excluding hydrogens is 270 g/mol. The fraction of sp³-hybridized carbons (Fsp3) is 0.308. The van der Waals surface area contributed by atoms with Gasteiger partial charge in [-0.15, -0.1) is 0 Å². The summed E-state index contributed by atoms with van der Waals surface area (Å²) in [5, 5.41) is 0.383. The second-order valence-corrected chi connectivity index (χ2v) is 6.14. The Bertz CT molecular complexity index is 486. The number of benzene rings is 1. The molecule has 0 spiro atoms. The SMILES string of the molecule is C=C(Cl)C[S@@](=O)Cc1cccc(C(=O)N(C)C)c1. The molecule has 0 aliphatic carbocycles. The molecule has 0 radical (unpaired) electrons. The van der Waals surface area contributed by atoms with E-state index in [-0.39, 0.29) is 11.7 Å². The number of amides is 1. The molecule has 0 N–H and O–H groups in total. The molecule has 1 rings (SSSR count). The molecular formula is C13H16ClNO2S. The van der Waals surface area contributed by atoms with Gasteiger partial charge in [0, 0.05) is 41.2 Å². The summed E-state index contributed by atoms with van der Waals surface area (Å²) in [5.41, 5.74) is 1.46. The Morgan fingerprint density at radius 1 is 1.44 bits per heavy atom. The van der Waals surface area contributed by atoms with Crippen molar-refractivity contribution in [2.75, 3.05) is 19.8 Å². The van der Waals surface area contributed by atoms with Gasteiger partial charge < -0.3 is 4.90 Å². The summed E-state index contributed by atoms with van der Waals surface area (Å²) in [6, 6.07) is 7.15. The summed E-state index contributed by atoms with van der Waals surface area (Å²) in [6.45, 7) is 3.52. The van der Waals surface area contributed by atoms with E-state index < -0.39 is 10.8 Å². The van der Waals surface area contributed by atoms with Crippen LogP contribution in [0.4, 0.5) is 0 Å². The molecule has 0 aliphatic rings. The number of carbonyl (C=O) groups is 1. The second-order valence-electron chi connectivity index (χ2n) is 4.15. The minimum Gasteiger partial charge on any atom is -0.345 e. The number of rotatable bonds is 5. The van der Waals surface area contributed by atoms with E-state index in [0.29, 0.717) is 16.3 Å². The van der Waals surface area contributed by atoms with E-state index in [0.717, 1.165) is 5.56 Å². The van der Waals surface area contributed by atoms with Gasteiger partial charge in [0.25, 0.3) is 5.91 Å². The lowest BCUT2D eigenvalue weighted by Gasteiger charge is -2.11. The van der Waals surface area contributed by atoms with Crippen molar-refractivity contribution in [1.82, 2.24) is 4.90 Å². The highest BCUT2D eigenvalue weighted by Crippen LogP contribution is 2.11. The van der Waals surface area contributed by atoms with Crippen molar-refractivity contribution in [3.8, 4) is 0 Å².